The lowest BCUT2D eigenvalue weighted by Gasteiger charge is -2.12. The number of aromatic nitrogens is 2. The molecule has 0 amide bonds. The first-order valence-corrected chi connectivity index (χ1v) is 8.35. The van der Waals surface area contributed by atoms with Crippen LogP contribution in [-0.2, 0) is 5.75 Å². The Kier molecular flexibility index (Phi) is 4.90. The van der Waals surface area contributed by atoms with E-state index in [4.69, 9.17) is 4.98 Å². The topological polar surface area (TPSA) is 37.8 Å². The average Bonchev–Trinajstić information content (AvgIpc) is 3.21. The molecule has 1 fully saturated rings. The van der Waals surface area contributed by atoms with Crippen molar-refractivity contribution in [2.75, 3.05) is 12.4 Å². The van der Waals surface area contributed by atoms with Crippen LogP contribution in [-0.4, -0.2) is 22.3 Å². The zero-order valence-corrected chi connectivity index (χ0v) is 13.6. The van der Waals surface area contributed by atoms with Gasteiger partial charge in [-0.2, -0.15) is 11.8 Å². The Bertz CT molecular complexity index is 421. The highest BCUT2D eigenvalue weighted by Crippen LogP contribution is 2.43. The third kappa shape index (κ3) is 3.38. The Morgan fingerprint density at radius 1 is 1.44 bits per heavy atom. The second-order valence-corrected chi connectivity index (χ2v) is 6.96. The maximum Gasteiger partial charge on any atom is 0.144 e. The van der Waals surface area contributed by atoms with Gasteiger partial charge in [0.2, 0.25) is 0 Å². The minimum absolute atomic E-state index is 0.641. The zero-order valence-electron chi connectivity index (χ0n) is 11.2. The van der Waals surface area contributed by atoms with Crippen LogP contribution in [0.5, 0.6) is 0 Å². The zero-order chi connectivity index (χ0) is 13.1. The molecule has 1 unspecified atom stereocenters. The molecule has 1 aromatic heterocycles. The first-order chi connectivity index (χ1) is 8.65. The van der Waals surface area contributed by atoms with Crippen molar-refractivity contribution in [3.63, 3.8) is 0 Å². The summed E-state index contributed by atoms with van der Waals surface area (Å²) in [5, 5.41) is 3.82. The summed E-state index contributed by atoms with van der Waals surface area (Å²) >= 11 is 5.54. The lowest BCUT2D eigenvalue weighted by molar-refractivity contribution is 0.892. The van der Waals surface area contributed by atoms with Gasteiger partial charge in [-0.05, 0) is 35.2 Å². The molecule has 1 N–H and O–H groups in total. The van der Waals surface area contributed by atoms with E-state index in [2.05, 4.69) is 40.1 Å². The lowest BCUT2D eigenvalue weighted by atomic mass is 10.2. The number of nitrogens with zero attached hydrogens (tertiary/aromatic N) is 2. The second kappa shape index (κ2) is 6.24. The van der Waals surface area contributed by atoms with Crippen molar-refractivity contribution in [3.05, 3.63) is 16.0 Å². The van der Waals surface area contributed by atoms with Gasteiger partial charge in [0, 0.05) is 18.2 Å². The molecule has 100 valence electrons. The molecule has 1 atom stereocenters. The summed E-state index contributed by atoms with van der Waals surface area (Å²) in [6.07, 6.45) is 3.71. The first-order valence-electron chi connectivity index (χ1n) is 6.51. The Labute approximate surface area is 122 Å². The number of anilines is 1. The molecular weight excluding hydrogens is 310 g/mol. The molecule has 1 aromatic rings. The maximum atomic E-state index is 4.73. The van der Waals surface area contributed by atoms with E-state index >= 15 is 0 Å². The molecule has 0 bridgehead atoms. The Balaban J connectivity index is 2.17. The van der Waals surface area contributed by atoms with Crippen LogP contribution in [0.4, 0.5) is 5.82 Å². The molecule has 5 heteroatoms. The molecule has 18 heavy (non-hydrogen) atoms. The monoisotopic (exact) mass is 329 g/mol. The van der Waals surface area contributed by atoms with Crippen LogP contribution in [0.25, 0.3) is 0 Å². The van der Waals surface area contributed by atoms with Crippen LogP contribution < -0.4 is 5.32 Å². The van der Waals surface area contributed by atoms with Gasteiger partial charge in [-0.3, -0.25) is 0 Å². The highest BCUT2D eigenvalue weighted by molar-refractivity contribution is 9.10. The fourth-order valence-corrected chi connectivity index (χ4v) is 3.20. The molecule has 1 heterocycles. The fourth-order valence-electron chi connectivity index (χ4n) is 1.70. The Morgan fingerprint density at radius 3 is 2.72 bits per heavy atom. The predicted octanol–water partition coefficient (Wildman–Crippen LogP) is 4.19. The van der Waals surface area contributed by atoms with Gasteiger partial charge in [-0.1, -0.05) is 13.8 Å². The van der Waals surface area contributed by atoms with Gasteiger partial charge in [0.05, 0.1) is 15.9 Å². The Hall–Kier alpha value is -0.290. The summed E-state index contributed by atoms with van der Waals surface area (Å²) in [4.78, 5) is 9.31. The summed E-state index contributed by atoms with van der Waals surface area (Å²) in [6, 6.07) is 0. The van der Waals surface area contributed by atoms with Crippen LogP contribution in [0.1, 0.15) is 50.5 Å². The van der Waals surface area contributed by atoms with E-state index in [1.165, 1.54) is 25.0 Å². The molecule has 0 aromatic carbocycles. The molecule has 0 spiro atoms. The van der Waals surface area contributed by atoms with Gasteiger partial charge in [-0.15, -0.1) is 0 Å². The Morgan fingerprint density at radius 2 is 2.17 bits per heavy atom. The summed E-state index contributed by atoms with van der Waals surface area (Å²) < 4.78 is 1.05. The first kappa shape index (κ1) is 14.1. The van der Waals surface area contributed by atoms with Crippen LogP contribution in [0.3, 0.4) is 0 Å². The van der Waals surface area contributed by atoms with Crippen molar-refractivity contribution in [3.8, 4) is 0 Å². The van der Waals surface area contributed by atoms with E-state index in [0.29, 0.717) is 11.2 Å². The third-order valence-corrected chi connectivity index (χ3v) is 5.30. The van der Waals surface area contributed by atoms with E-state index in [0.717, 1.165) is 21.9 Å². The van der Waals surface area contributed by atoms with Gasteiger partial charge in [0.15, 0.2) is 0 Å². The minimum atomic E-state index is 0.641. The van der Waals surface area contributed by atoms with Crippen LogP contribution in [0, 0.1) is 0 Å². The van der Waals surface area contributed by atoms with Crippen LogP contribution in [0.2, 0.25) is 0 Å². The van der Waals surface area contributed by atoms with E-state index in [-0.39, 0.29) is 0 Å². The van der Waals surface area contributed by atoms with Gasteiger partial charge in [0.25, 0.3) is 0 Å². The van der Waals surface area contributed by atoms with Gasteiger partial charge >= 0.3 is 0 Å². The molecule has 1 aliphatic carbocycles. The number of hydrogen-bond acceptors (Lipinski definition) is 4. The van der Waals surface area contributed by atoms with E-state index in [1.807, 2.05) is 18.8 Å². The quantitative estimate of drug-likeness (QED) is 0.849. The fraction of sp³-hybridized carbons (Fsp3) is 0.692. The number of thioether (sulfide) groups is 1. The average molecular weight is 330 g/mol. The van der Waals surface area contributed by atoms with E-state index in [9.17, 15) is 0 Å². The normalized spacial score (nSPS) is 16.7. The molecule has 0 aliphatic heterocycles. The lowest BCUT2D eigenvalue weighted by Crippen LogP contribution is -2.05. The van der Waals surface area contributed by atoms with Crippen molar-refractivity contribution in [2.24, 2.45) is 0 Å². The molecule has 0 saturated heterocycles. The van der Waals surface area contributed by atoms with Crippen molar-refractivity contribution in [1.29, 1.82) is 0 Å². The van der Waals surface area contributed by atoms with Crippen molar-refractivity contribution in [1.82, 2.24) is 9.97 Å². The van der Waals surface area contributed by atoms with Crippen molar-refractivity contribution in [2.45, 2.75) is 50.0 Å². The number of hydrogen-bond donors (Lipinski definition) is 1. The largest absolute Gasteiger partial charge is 0.372 e. The molecule has 0 radical (unpaired) electrons. The maximum absolute atomic E-state index is 4.73. The van der Waals surface area contributed by atoms with Gasteiger partial charge in [0.1, 0.15) is 11.6 Å². The third-order valence-electron chi connectivity index (χ3n) is 3.20. The number of rotatable bonds is 6. The molecule has 1 aliphatic rings. The minimum Gasteiger partial charge on any atom is -0.372 e. The summed E-state index contributed by atoms with van der Waals surface area (Å²) in [6.45, 7) is 4.47. The second-order valence-electron chi connectivity index (χ2n) is 4.74. The van der Waals surface area contributed by atoms with E-state index < -0.39 is 0 Å². The molecular formula is C13H20BrN3S. The highest BCUT2D eigenvalue weighted by Gasteiger charge is 2.29. The summed E-state index contributed by atoms with van der Waals surface area (Å²) in [7, 11) is 1.91. The summed E-state index contributed by atoms with van der Waals surface area (Å²) in [5.41, 5.74) is 1.19. The van der Waals surface area contributed by atoms with Crippen LogP contribution >= 0.6 is 27.7 Å². The van der Waals surface area contributed by atoms with Gasteiger partial charge in [-0.25, -0.2) is 9.97 Å². The van der Waals surface area contributed by atoms with Crippen molar-refractivity contribution >= 4 is 33.5 Å². The van der Waals surface area contributed by atoms with Crippen LogP contribution in [0.15, 0.2) is 4.47 Å². The summed E-state index contributed by atoms with van der Waals surface area (Å²) in [5.74, 6) is 3.42. The SMILES string of the molecule is CCC(C)SCc1nc(NC)c(Br)c(C2CC2)n1. The highest BCUT2D eigenvalue weighted by atomic mass is 79.9. The molecule has 1 saturated carbocycles. The molecule has 2 rings (SSSR count). The molecule has 3 nitrogen and oxygen atoms in total. The van der Waals surface area contributed by atoms with Crippen molar-refractivity contribution < 1.29 is 0 Å². The standard InChI is InChI=1S/C13H20BrN3S/c1-4-8(2)18-7-10-16-12(9-5-6-9)11(14)13(15-3)17-10/h8-9H,4-7H2,1-3H3,(H,15,16,17). The number of halogens is 1. The number of nitrogens with one attached hydrogen (secondary N) is 1. The van der Waals surface area contributed by atoms with E-state index in [1.54, 1.807) is 0 Å². The smallest absolute Gasteiger partial charge is 0.144 e. The predicted molar refractivity (Wildman–Crippen MR) is 82.3 cm³/mol. The van der Waals surface area contributed by atoms with Gasteiger partial charge < -0.3 is 5.32 Å².